The first-order chi connectivity index (χ1) is 44.4. The number of halogens is 1. The van der Waals surface area contributed by atoms with Gasteiger partial charge in [-0.25, -0.2) is 4.79 Å². The molecule has 8 N–H and O–H groups in total. The van der Waals surface area contributed by atoms with Crippen molar-refractivity contribution in [3.63, 3.8) is 0 Å². The van der Waals surface area contributed by atoms with Crippen molar-refractivity contribution in [3.05, 3.63) is 84.1 Å². The quantitative estimate of drug-likeness (QED) is 0.0173. The highest BCUT2D eigenvalue weighted by molar-refractivity contribution is 14.1. The molecule has 0 unspecified atom stereocenters. The molecule has 93 heavy (non-hydrogen) atoms. The third kappa shape index (κ3) is 18.5. The number of non-ortho nitro benzene ring substituents is 1. The zero-order valence-electron chi connectivity index (χ0n) is 53.3. The van der Waals surface area contributed by atoms with Gasteiger partial charge in [0.05, 0.1) is 101 Å². The van der Waals surface area contributed by atoms with Crippen LogP contribution in [0.3, 0.4) is 0 Å². The Kier molecular flexibility index (Phi) is 28.5. The Labute approximate surface area is 565 Å². The number of methoxy groups -OCH3 is 5. The van der Waals surface area contributed by atoms with Gasteiger partial charge in [0.25, 0.3) is 5.69 Å². The van der Waals surface area contributed by atoms with Gasteiger partial charge in [0, 0.05) is 61.8 Å². The number of nitrogens with one attached hydrogen (secondary N) is 3. The van der Waals surface area contributed by atoms with Crippen LogP contribution in [0.25, 0.3) is 0 Å². The maximum Gasteiger partial charge on any atom is 0.411 e. The number of benzene rings is 2. The Morgan fingerprint density at radius 3 is 2.24 bits per heavy atom. The normalized spacial score (nSPS) is 32.2. The molecule has 0 bridgehead atoms. The van der Waals surface area contributed by atoms with Gasteiger partial charge in [-0.1, -0.05) is 64.1 Å². The molecule has 4 aliphatic heterocycles. The molecule has 4 fully saturated rings. The summed E-state index contributed by atoms with van der Waals surface area (Å²) in [5.74, 6) is 11.0. The van der Waals surface area contributed by atoms with Crippen molar-refractivity contribution in [1.82, 2.24) is 16.1 Å². The van der Waals surface area contributed by atoms with Crippen LogP contribution in [0.5, 0.6) is 17.2 Å². The van der Waals surface area contributed by atoms with Crippen molar-refractivity contribution in [2.75, 3.05) is 54.5 Å². The van der Waals surface area contributed by atoms with Crippen molar-refractivity contribution in [1.29, 1.82) is 0 Å². The van der Waals surface area contributed by atoms with Crippen LogP contribution in [0.2, 0.25) is 0 Å². The van der Waals surface area contributed by atoms with E-state index in [2.05, 4.69) is 39.8 Å². The summed E-state index contributed by atoms with van der Waals surface area (Å²) in [7, 11) is 9.32. The highest BCUT2D eigenvalue weighted by Crippen LogP contribution is 2.49. The first-order valence-electron chi connectivity index (χ1n) is 29.7. The third-order valence-corrected chi connectivity index (χ3v) is 20.9. The zero-order chi connectivity index (χ0) is 68.0. The van der Waals surface area contributed by atoms with E-state index in [1.54, 1.807) is 59.9 Å². The Morgan fingerprint density at radius 2 is 1.60 bits per heavy atom. The fourth-order valence-electron chi connectivity index (χ4n) is 11.2. The fourth-order valence-corrected chi connectivity index (χ4v) is 14.8. The number of carbonyl (C=O) groups excluding carboxylic acids is 3. The summed E-state index contributed by atoms with van der Waals surface area (Å²) in [5, 5.41) is 74.1. The maximum atomic E-state index is 14.5. The number of amides is 1. The molecule has 512 valence electrons. The van der Waals surface area contributed by atoms with Crippen LogP contribution in [0.15, 0.2) is 64.2 Å². The molecule has 0 saturated carbocycles. The van der Waals surface area contributed by atoms with E-state index in [4.69, 9.17) is 61.7 Å². The fraction of sp³-hybridized carbons (Fsp3) is 0.597. The number of ether oxygens (including phenoxy) is 12. The van der Waals surface area contributed by atoms with Crippen LogP contribution >= 0.6 is 55.9 Å². The molecule has 2 aromatic rings. The van der Waals surface area contributed by atoms with Crippen LogP contribution in [-0.4, -0.2) is 217 Å². The van der Waals surface area contributed by atoms with Gasteiger partial charge in [-0.05, 0) is 106 Å². The largest absolute Gasteiger partial charge is 0.492 e. The van der Waals surface area contributed by atoms with E-state index >= 15 is 0 Å². The minimum absolute atomic E-state index is 0.0101. The number of alkyl carbamates (subject to hydrolysis) is 1. The summed E-state index contributed by atoms with van der Waals surface area (Å²) in [6.07, 6.45) is -14.5. The highest BCUT2D eigenvalue weighted by atomic mass is 127. The van der Waals surface area contributed by atoms with Gasteiger partial charge in [0.15, 0.2) is 36.2 Å². The molecular weight excluding hydrogens is 1390 g/mol. The number of Topliss-reactive ketones (excluding diaryl/α,β-unsaturated/α-hetero) is 1. The van der Waals surface area contributed by atoms with Crippen LogP contribution in [-0.2, 0) is 52.3 Å². The number of aliphatic hydroxyl groups is 5. The van der Waals surface area contributed by atoms with Crippen molar-refractivity contribution in [2.45, 2.75) is 188 Å². The molecular formula is C62H81IN4O23S3. The molecule has 4 heterocycles. The number of nitro benzene ring substituents is 1. The van der Waals surface area contributed by atoms with Gasteiger partial charge in [0.2, 0.25) is 17.2 Å². The number of rotatable bonds is 24. The van der Waals surface area contributed by atoms with Crippen LogP contribution < -0.4 is 30.3 Å². The number of aliphatic hydroxyl groups excluding tert-OH is 4. The van der Waals surface area contributed by atoms with Crippen molar-refractivity contribution in [3.8, 4) is 40.9 Å². The lowest BCUT2D eigenvalue weighted by molar-refractivity contribution is -0.384. The Hall–Kier alpha value is -4.67. The SMILES string of the molecule is CC#C/C=C\C#C[C@H](O[C@@H]1O[C@H](C)[C@@H](NO[C@H]2C[C@H](O)[C@H](SC(=O)c3c(C)c(I)c(O[C@@H]4O[C@@H](C)[C@H](O)[C@@H](OC)[C@H]4O)c(OC)c3OC)[C@@H](C)O2)[C@@H](O)[C@H]1O[C@H]1C[C@H](OC)[C@@H](NCC)CO1)C1=C(NC(=O)OC)C(=O)C[C@](C)(O)/C1=C/CSSc1ccc([N+](=O)[O-])cc1. The van der Waals surface area contributed by atoms with Gasteiger partial charge in [-0.3, -0.25) is 29.9 Å². The molecule has 0 aromatic heterocycles. The van der Waals surface area contributed by atoms with E-state index in [0.717, 1.165) is 18.9 Å². The van der Waals surface area contributed by atoms with E-state index in [-0.39, 0.29) is 76.6 Å². The number of allylic oxidation sites excluding steroid dienone is 3. The van der Waals surface area contributed by atoms with E-state index < -0.39 is 138 Å². The number of carbonyl (C=O) groups is 3. The predicted molar refractivity (Wildman–Crippen MR) is 349 cm³/mol. The van der Waals surface area contributed by atoms with Crippen molar-refractivity contribution >= 4 is 78.6 Å². The number of nitrogens with zero attached hydrogens (tertiary/aromatic N) is 1. The summed E-state index contributed by atoms with van der Waals surface area (Å²) in [6.45, 7) is 12.3. The van der Waals surface area contributed by atoms with E-state index in [0.29, 0.717) is 20.6 Å². The molecule has 1 amide bonds. The second-order valence-electron chi connectivity index (χ2n) is 22.2. The molecule has 4 saturated heterocycles. The number of hydroxylamine groups is 1. The minimum Gasteiger partial charge on any atom is -0.492 e. The van der Waals surface area contributed by atoms with E-state index in [1.165, 1.54) is 74.1 Å². The molecule has 2 aromatic carbocycles. The van der Waals surface area contributed by atoms with Gasteiger partial charge in [-0.2, -0.15) is 5.48 Å². The molecule has 1 aliphatic carbocycles. The summed E-state index contributed by atoms with van der Waals surface area (Å²) < 4.78 is 72.8. The van der Waals surface area contributed by atoms with Gasteiger partial charge in [0.1, 0.15) is 36.6 Å². The molecule has 0 spiro atoms. The standard InChI is InChI=1S/C62H81IN4O23S3/c1-13-15-16-17-18-19-40(45-36(62(7,75)28-39(69)48(45)65-61(74)82-12)24-25-91-93-35-22-20-34(21-23-35)67(76)77)87-60-55(88-42-27-41(78-8)37(29-83-42)64-14-2)50(71)47(31(4)85-60)66-90-43-26-38(68)57(33(6)84-43)92-58(73)44-30(3)46(63)53(56(81-11)52(44)79-9)89-59-51(72)54(80-10)49(70)32(5)86-59/h16-17,20-24,31-33,37-38,40-43,47,49-51,54-55,57,59-60,64,66,68,70-72,75H,14,25-29H2,1-12H3,(H,65,74)/b17-16-,36-24+/t31-,32+,33-,37+,38+,40+,41+,42+,43+,47-,49+,50-,51-,54-,55-,57-,59+,60+,62+/m1/s1. The first kappa shape index (κ1) is 75.7. The average Bonchev–Trinajstić information content (AvgIpc) is 0.767. The second kappa shape index (κ2) is 35.0. The zero-order valence-corrected chi connectivity index (χ0v) is 57.9. The lowest BCUT2D eigenvalue weighted by Crippen LogP contribution is -2.65. The monoisotopic (exact) mass is 1470 g/mol. The van der Waals surface area contributed by atoms with E-state index in [9.17, 15) is 50.0 Å². The lowest BCUT2D eigenvalue weighted by Gasteiger charge is -2.46. The molecule has 7 rings (SSSR count). The third-order valence-electron chi connectivity index (χ3n) is 15.9. The first-order valence-corrected chi connectivity index (χ1v) is 34.0. The van der Waals surface area contributed by atoms with Crippen molar-refractivity contribution < 1.29 is 107 Å². The second-order valence-corrected chi connectivity index (χ2v) is 26.9. The number of hydrogen-bond donors (Lipinski definition) is 8. The number of thioether (sulfide) groups is 1. The average molecular weight is 1470 g/mol. The Bertz CT molecular complexity index is 3160. The molecule has 19 atom stereocenters. The van der Waals surface area contributed by atoms with Crippen molar-refractivity contribution in [2.24, 2.45) is 0 Å². The highest BCUT2D eigenvalue weighted by Gasteiger charge is 2.52. The number of hydrogen-bond acceptors (Lipinski definition) is 28. The van der Waals surface area contributed by atoms with E-state index in [1.807, 2.05) is 29.5 Å². The van der Waals surface area contributed by atoms with Gasteiger partial charge in [-0.15, -0.1) is 5.92 Å². The summed E-state index contributed by atoms with van der Waals surface area (Å²) in [5.41, 5.74) is 1.21. The summed E-state index contributed by atoms with van der Waals surface area (Å²) in [4.78, 5) is 59.5. The summed E-state index contributed by atoms with van der Waals surface area (Å²) in [6, 6.07) is 4.59. The Morgan fingerprint density at radius 1 is 0.903 bits per heavy atom. The lowest BCUT2D eigenvalue weighted by atomic mass is 9.76. The molecule has 0 radical (unpaired) electrons. The number of nitro groups is 1. The topological polar surface area (TPSA) is 352 Å². The van der Waals surface area contributed by atoms with Gasteiger partial charge >= 0.3 is 6.09 Å². The molecule has 5 aliphatic rings. The number of ketones is 1. The smallest absolute Gasteiger partial charge is 0.411 e. The summed E-state index contributed by atoms with van der Waals surface area (Å²) >= 11 is 2.80. The minimum atomic E-state index is -1.89. The van der Waals surface area contributed by atoms with Crippen LogP contribution in [0, 0.1) is 44.3 Å². The van der Waals surface area contributed by atoms with Crippen LogP contribution in [0.1, 0.15) is 76.7 Å². The molecule has 31 heteroatoms. The predicted octanol–water partition coefficient (Wildman–Crippen LogP) is 4.91. The maximum absolute atomic E-state index is 14.5. The molecule has 27 nitrogen and oxygen atoms in total. The van der Waals surface area contributed by atoms with Gasteiger partial charge < -0.3 is 87.7 Å². The Balaban J connectivity index is 1.15. The number of likely N-dealkylation sites (N-methyl/N-ethyl adjacent to an activating group) is 1. The van der Waals surface area contributed by atoms with Crippen LogP contribution in [0.4, 0.5) is 10.5 Å².